The quantitative estimate of drug-likeness (QED) is 0.0213. The SMILES string of the molecule is CCCCCCC/C=C/CCCCCCCCCCCOC(=O)c1cccc(S(=O)(=O)[O-])c1C(=O)OCCCCCCCCCCC/C=C/CCCCCCC.[K+]. The Kier molecular flexibility index (Phi) is 40.0. The number of hydrogen-bond donors (Lipinski definition) is 0. The maximum atomic E-state index is 13.0. The normalized spacial score (nSPS) is 11.7. The number of benzene rings is 1. The van der Waals surface area contributed by atoms with Crippen molar-refractivity contribution in [3.63, 3.8) is 0 Å². The van der Waals surface area contributed by atoms with Gasteiger partial charge in [-0.05, 0) is 76.3 Å². The minimum absolute atomic E-state index is 0. The molecule has 0 aliphatic carbocycles. The Hall–Kier alpha value is -0.814. The minimum Gasteiger partial charge on any atom is -0.744 e. The number of hydrogen-bond acceptors (Lipinski definition) is 7. The van der Waals surface area contributed by atoms with Crippen molar-refractivity contribution >= 4 is 22.1 Å². The van der Waals surface area contributed by atoms with Crippen molar-refractivity contribution in [2.45, 2.75) is 224 Å². The summed E-state index contributed by atoms with van der Waals surface area (Å²) in [5.74, 6) is -1.81. The largest absolute Gasteiger partial charge is 1.00 e. The zero-order valence-corrected chi connectivity index (χ0v) is 40.8. The second-order valence-electron chi connectivity index (χ2n) is 15.7. The average molecular weight is 841 g/mol. The third-order valence-corrected chi connectivity index (χ3v) is 11.4. The van der Waals surface area contributed by atoms with Crippen molar-refractivity contribution in [3.8, 4) is 0 Å². The summed E-state index contributed by atoms with van der Waals surface area (Å²) in [4.78, 5) is 25.2. The van der Waals surface area contributed by atoms with Gasteiger partial charge < -0.3 is 14.0 Å². The third-order valence-electron chi connectivity index (χ3n) is 10.5. The Morgan fingerprint density at radius 1 is 0.491 bits per heavy atom. The zero-order chi connectivity index (χ0) is 40.8. The van der Waals surface area contributed by atoms with Crippen molar-refractivity contribution in [3.05, 3.63) is 53.6 Å². The summed E-state index contributed by atoms with van der Waals surface area (Å²) in [7, 11) is -5.02. The number of rotatable bonds is 39. The molecule has 0 amide bonds. The molecule has 57 heavy (non-hydrogen) atoms. The fourth-order valence-electron chi connectivity index (χ4n) is 7.01. The molecule has 1 aromatic rings. The predicted octanol–water partition coefficient (Wildman–Crippen LogP) is 11.5. The molecule has 0 N–H and O–H groups in total. The topological polar surface area (TPSA) is 110 Å². The van der Waals surface area contributed by atoms with Gasteiger partial charge in [0.05, 0.1) is 29.2 Å². The van der Waals surface area contributed by atoms with Gasteiger partial charge in [-0.3, -0.25) is 0 Å². The van der Waals surface area contributed by atoms with Crippen LogP contribution in [0.25, 0.3) is 0 Å². The summed E-state index contributed by atoms with van der Waals surface area (Å²) in [5.41, 5.74) is -0.780. The summed E-state index contributed by atoms with van der Waals surface area (Å²) >= 11 is 0. The van der Waals surface area contributed by atoms with Crippen molar-refractivity contribution in [1.82, 2.24) is 0 Å². The molecule has 1 rings (SSSR count). The first kappa shape index (κ1) is 56.2. The van der Waals surface area contributed by atoms with E-state index in [4.69, 9.17) is 9.47 Å². The van der Waals surface area contributed by atoms with Gasteiger partial charge in [-0.15, -0.1) is 0 Å². The van der Waals surface area contributed by atoms with E-state index in [0.717, 1.165) is 44.6 Å². The van der Waals surface area contributed by atoms with E-state index in [-0.39, 0.29) is 70.2 Å². The van der Waals surface area contributed by atoms with Gasteiger partial charge in [0.1, 0.15) is 10.1 Å². The van der Waals surface area contributed by atoms with Gasteiger partial charge >= 0.3 is 63.3 Å². The van der Waals surface area contributed by atoms with E-state index in [1.807, 2.05) is 0 Å². The molecular weight excluding hydrogens is 760 g/mol. The Balaban J connectivity index is 0.0000314. The van der Waals surface area contributed by atoms with E-state index in [1.165, 1.54) is 166 Å². The summed E-state index contributed by atoms with van der Waals surface area (Å²) in [6, 6.07) is 3.63. The second-order valence-corrected chi connectivity index (χ2v) is 17.0. The molecule has 322 valence electrons. The van der Waals surface area contributed by atoms with Crippen LogP contribution >= 0.6 is 0 Å². The van der Waals surface area contributed by atoms with E-state index in [2.05, 4.69) is 38.2 Å². The molecule has 7 nitrogen and oxygen atoms in total. The molecule has 9 heteroatoms. The standard InChI is InChI=1S/C48H82O7S.K/c1-3-5-7-9-11-13-15-17-19-21-23-25-27-29-31-33-35-37-42-54-47(49)44-40-39-41-45(56(51,52)53)46(44)48(50)55-43-38-36-34-32-30-28-26-24-22-20-18-16-14-12-10-8-6-4-2;/h15-18,39-41H,3-14,19-38,42-43H2,1-2H3,(H,51,52,53);/q;+1/p-1/b17-15+,18-16+;. The molecule has 0 bridgehead atoms. The van der Waals surface area contributed by atoms with E-state index >= 15 is 0 Å². The molecule has 0 fully saturated rings. The molecule has 1 aromatic carbocycles. The molecule has 0 radical (unpaired) electrons. The van der Waals surface area contributed by atoms with Crippen LogP contribution in [-0.4, -0.2) is 38.1 Å². The van der Waals surface area contributed by atoms with E-state index in [1.54, 1.807) is 0 Å². The van der Waals surface area contributed by atoms with E-state index in [0.29, 0.717) is 12.8 Å². The van der Waals surface area contributed by atoms with Crippen LogP contribution in [0.15, 0.2) is 47.4 Å². The molecule has 0 aromatic heterocycles. The monoisotopic (exact) mass is 841 g/mol. The Bertz CT molecular complexity index is 1280. The second kappa shape index (κ2) is 40.6. The van der Waals surface area contributed by atoms with Crippen molar-refractivity contribution in [1.29, 1.82) is 0 Å². The van der Waals surface area contributed by atoms with E-state index in [9.17, 15) is 22.6 Å². The number of ether oxygens (including phenoxy) is 2. The fourth-order valence-corrected chi connectivity index (χ4v) is 7.69. The van der Waals surface area contributed by atoms with Gasteiger partial charge in [-0.25, -0.2) is 18.0 Å². The molecule has 0 heterocycles. The van der Waals surface area contributed by atoms with Gasteiger partial charge in [-0.2, -0.15) is 0 Å². The van der Waals surface area contributed by atoms with Crippen molar-refractivity contribution < 1.29 is 83.4 Å². The Morgan fingerprint density at radius 3 is 1.16 bits per heavy atom. The number of carbonyl (C=O) groups is 2. The first-order chi connectivity index (χ1) is 27.3. The van der Waals surface area contributed by atoms with Crippen LogP contribution in [0.1, 0.15) is 240 Å². The molecule has 0 saturated heterocycles. The van der Waals surface area contributed by atoms with Crippen LogP contribution in [0.5, 0.6) is 0 Å². The van der Waals surface area contributed by atoms with Crippen LogP contribution in [0.2, 0.25) is 0 Å². The summed E-state index contributed by atoms with van der Waals surface area (Å²) in [5, 5.41) is 0. The number of carbonyl (C=O) groups excluding carboxylic acids is 2. The number of esters is 2. The molecule has 0 atom stereocenters. The zero-order valence-electron chi connectivity index (χ0n) is 36.8. The maximum absolute atomic E-state index is 13.0. The molecule has 0 saturated carbocycles. The van der Waals surface area contributed by atoms with E-state index < -0.39 is 32.5 Å². The van der Waals surface area contributed by atoms with Crippen LogP contribution in [0, 0.1) is 0 Å². The molecule has 0 unspecified atom stereocenters. The summed E-state index contributed by atoms with van der Waals surface area (Å²) in [6.45, 7) is 4.75. The smallest absolute Gasteiger partial charge is 0.744 e. The van der Waals surface area contributed by atoms with Crippen LogP contribution < -0.4 is 51.4 Å². The first-order valence-corrected chi connectivity index (χ1v) is 24.5. The van der Waals surface area contributed by atoms with Gasteiger partial charge in [-0.1, -0.05) is 185 Å². The van der Waals surface area contributed by atoms with Crippen LogP contribution in [0.4, 0.5) is 0 Å². The fraction of sp³-hybridized carbons (Fsp3) is 0.750. The van der Waals surface area contributed by atoms with Crippen molar-refractivity contribution in [2.75, 3.05) is 13.2 Å². The number of unbranched alkanes of at least 4 members (excludes halogenated alkanes) is 28. The van der Waals surface area contributed by atoms with Gasteiger partial charge in [0.2, 0.25) is 0 Å². The molecule has 0 spiro atoms. The first-order valence-electron chi connectivity index (χ1n) is 23.1. The number of allylic oxidation sites excluding steroid dienone is 4. The van der Waals surface area contributed by atoms with Crippen molar-refractivity contribution in [2.24, 2.45) is 0 Å². The van der Waals surface area contributed by atoms with Gasteiger partial charge in [0, 0.05) is 0 Å². The van der Waals surface area contributed by atoms with Crippen LogP contribution in [0.3, 0.4) is 0 Å². The molecular formula is C48H81KO7S. The average Bonchev–Trinajstić information content (AvgIpc) is 3.18. The maximum Gasteiger partial charge on any atom is 1.00 e. The van der Waals surface area contributed by atoms with Crippen LogP contribution in [-0.2, 0) is 19.6 Å². The minimum atomic E-state index is -5.02. The Labute approximate surface area is 392 Å². The molecule has 0 aliphatic heterocycles. The third kappa shape index (κ3) is 32.6. The summed E-state index contributed by atoms with van der Waals surface area (Å²) < 4.78 is 46.8. The van der Waals surface area contributed by atoms with Gasteiger partial charge in [0.15, 0.2) is 0 Å². The van der Waals surface area contributed by atoms with Gasteiger partial charge in [0.25, 0.3) is 0 Å². The Morgan fingerprint density at radius 2 is 0.807 bits per heavy atom. The summed E-state index contributed by atoms with van der Waals surface area (Å²) in [6.07, 6.45) is 47.5. The predicted molar refractivity (Wildman–Crippen MR) is 232 cm³/mol. The molecule has 0 aliphatic rings.